The molecule has 0 bridgehead atoms. The molecule has 0 aromatic heterocycles. The number of methoxy groups -OCH3 is 2. The third-order valence-corrected chi connectivity index (χ3v) is 1.03. The third kappa shape index (κ3) is 2.76. The Balaban J connectivity index is 3.50. The molecular weight excluding hydrogens is 122 g/mol. The van der Waals surface area contributed by atoms with E-state index in [9.17, 15) is 0 Å². The normalized spacial score (nSPS) is 14.3. The molecule has 0 fully saturated rings. The van der Waals surface area contributed by atoms with E-state index in [1.165, 1.54) is 14.2 Å². The topological polar surface area (TPSA) is 64.7 Å². The molecule has 0 rings (SSSR count). The summed E-state index contributed by atoms with van der Waals surface area (Å²) >= 11 is 0. The minimum absolute atomic E-state index is 0.133. The van der Waals surface area contributed by atoms with E-state index in [0.29, 0.717) is 0 Å². The molecular formula is C5H13NO3. The summed E-state index contributed by atoms with van der Waals surface area (Å²) in [5.74, 6) is 0. The van der Waals surface area contributed by atoms with Gasteiger partial charge in [0.2, 0.25) is 0 Å². The van der Waals surface area contributed by atoms with Gasteiger partial charge in [-0.2, -0.15) is 0 Å². The Kier molecular flexibility index (Phi) is 4.61. The zero-order chi connectivity index (χ0) is 7.28. The summed E-state index contributed by atoms with van der Waals surface area (Å²) in [7, 11) is 2.95. The Morgan fingerprint density at radius 3 is 2.00 bits per heavy atom. The van der Waals surface area contributed by atoms with Crippen molar-refractivity contribution in [2.75, 3.05) is 20.8 Å². The average molecular weight is 135 g/mol. The molecule has 0 saturated heterocycles. The predicted octanol–water partition coefficient (Wildman–Crippen LogP) is -1.08. The fourth-order valence-electron chi connectivity index (χ4n) is 0.532. The van der Waals surface area contributed by atoms with Gasteiger partial charge in [-0.15, -0.1) is 0 Å². The van der Waals surface area contributed by atoms with E-state index in [1.54, 1.807) is 0 Å². The van der Waals surface area contributed by atoms with Crippen molar-refractivity contribution >= 4 is 0 Å². The number of ether oxygens (including phenoxy) is 2. The van der Waals surface area contributed by atoms with Crippen molar-refractivity contribution in [2.24, 2.45) is 5.73 Å². The summed E-state index contributed by atoms with van der Waals surface area (Å²) in [6, 6.07) is -0.458. The smallest absolute Gasteiger partial charge is 0.174 e. The molecule has 0 radical (unpaired) electrons. The highest BCUT2D eigenvalue weighted by Crippen LogP contribution is 1.94. The van der Waals surface area contributed by atoms with E-state index >= 15 is 0 Å². The second kappa shape index (κ2) is 4.69. The maximum Gasteiger partial charge on any atom is 0.174 e. The van der Waals surface area contributed by atoms with Crippen molar-refractivity contribution in [3.63, 3.8) is 0 Å². The SMILES string of the molecule is COC(OC)[C@@H](N)CO. The first kappa shape index (κ1) is 8.84. The van der Waals surface area contributed by atoms with Crippen LogP contribution in [0.25, 0.3) is 0 Å². The number of aliphatic hydroxyl groups is 1. The van der Waals surface area contributed by atoms with Crippen LogP contribution in [-0.4, -0.2) is 38.3 Å². The van der Waals surface area contributed by atoms with Gasteiger partial charge in [-0.05, 0) is 0 Å². The molecule has 9 heavy (non-hydrogen) atoms. The van der Waals surface area contributed by atoms with Crippen molar-refractivity contribution in [3.05, 3.63) is 0 Å². The Bertz CT molecular complexity index is 65.2. The van der Waals surface area contributed by atoms with Crippen LogP contribution in [0, 0.1) is 0 Å². The van der Waals surface area contributed by atoms with Gasteiger partial charge in [0.05, 0.1) is 12.6 Å². The van der Waals surface area contributed by atoms with Crippen molar-refractivity contribution in [1.82, 2.24) is 0 Å². The van der Waals surface area contributed by atoms with Gasteiger partial charge in [0.25, 0.3) is 0 Å². The van der Waals surface area contributed by atoms with Crippen molar-refractivity contribution in [2.45, 2.75) is 12.3 Å². The lowest BCUT2D eigenvalue weighted by Gasteiger charge is -2.18. The molecule has 56 valence electrons. The number of rotatable bonds is 4. The zero-order valence-corrected chi connectivity index (χ0v) is 5.70. The van der Waals surface area contributed by atoms with Gasteiger partial charge >= 0.3 is 0 Å². The monoisotopic (exact) mass is 135 g/mol. The molecule has 0 spiro atoms. The largest absolute Gasteiger partial charge is 0.395 e. The molecule has 0 aliphatic carbocycles. The fourth-order valence-corrected chi connectivity index (χ4v) is 0.532. The third-order valence-electron chi connectivity index (χ3n) is 1.03. The average Bonchev–Trinajstić information content (AvgIpc) is 1.90. The van der Waals surface area contributed by atoms with E-state index < -0.39 is 12.3 Å². The van der Waals surface area contributed by atoms with E-state index in [0.717, 1.165) is 0 Å². The minimum Gasteiger partial charge on any atom is -0.395 e. The first-order chi connectivity index (χ1) is 4.26. The molecule has 0 aromatic rings. The first-order valence-corrected chi connectivity index (χ1v) is 2.68. The molecule has 0 heterocycles. The summed E-state index contributed by atoms with van der Waals surface area (Å²) in [4.78, 5) is 0. The fraction of sp³-hybridized carbons (Fsp3) is 1.00. The van der Waals surface area contributed by atoms with E-state index in [1.807, 2.05) is 0 Å². The summed E-state index contributed by atoms with van der Waals surface area (Å²) in [6.45, 7) is -0.133. The van der Waals surface area contributed by atoms with Gasteiger partial charge in [0, 0.05) is 14.2 Å². The van der Waals surface area contributed by atoms with Crippen LogP contribution in [0.5, 0.6) is 0 Å². The highest BCUT2D eigenvalue weighted by molar-refractivity contribution is 4.61. The molecule has 0 saturated carbocycles. The second-order valence-corrected chi connectivity index (χ2v) is 1.69. The molecule has 0 aromatic carbocycles. The van der Waals surface area contributed by atoms with Gasteiger partial charge in [0.15, 0.2) is 6.29 Å². The van der Waals surface area contributed by atoms with Crippen LogP contribution in [0.2, 0.25) is 0 Å². The van der Waals surface area contributed by atoms with Crippen molar-refractivity contribution < 1.29 is 14.6 Å². The summed E-state index contributed by atoms with van der Waals surface area (Å²) in [6.07, 6.45) is -0.505. The zero-order valence-electron chi connectivity index (χ0n) is 5.70. The molecule has 0 unspecified atom stereocenters. The molecule has 4 heteroatoms. The van der Waals surface area contributed by atoms with Crippen LogP contribution in [0.1, 0.15) is 0 Å². The molecule has 0 aliphatic rings. The van der Waals surface area contributed by atoms with Gasteiger partial charge in [0.1, 0.15) is 0 Å². The Labute approximate surface area is 54.6 Å². The maximum absolute atomic E-state index is 8.48. The van der Waals surface area contributed by atoms with Crippen LogP contribution in [0.3, 0.4) is 0 Å². The van der Waals surface area contributed by atoms with Crippen LogP contribution < -0.4 is 5.73 Å². The van der Waals surface area contributed by atoms with Gasteiger partial charge < -0.3 is 20.3 Å². The lowest BCUT2D eigenvalue weighted by atomic mass is 10.3. The summed E-state index contributed by atoms with van der Waals surface area (Å²) in [5, 5.41) is 8.48. The lowest BCUT2D eigenvalue weighted by Crippen LogP contribution is -2.40. The number of nitrogens with two attached hydrogens (primary N) is 1. The molecule has 4 nitrogen and oxygen atoms in total. The van der Waals surface area contributed by atoms with Crippen molar-refractivity contribution in [3.8, 4) is 0 Å². The van der Waals surface area contributed by atoms with Gasteiger partial charge in [-0.1, -0.05) is 0 Å². The highest BCUT2D eigenvalue weighted by Gasteiger charge is 2.13. The standard InChI is InChI=1S/C5H13NO3/c1-8-5(9-2)4(6)3-7/h4-5,7H,3,6H2,1-2H3/t4-/m0/s1. The lowest BCUT2D eigenvalue weighted by molar-refractivity contribution is -0.122. The van der Waals surface area contributed by atoms with E-state index in [4.69, 9.17) is 20.3 Å². The molecule has 1 atom stereocenters. The maximum atomic E-state index is 8.48. The van der Waals surface area contributed by atoms with Crippen LogP contribution in [-0.2, 0) is 9.47 Å². The quantitative estimate of drug-likeness (QED) is 0.481. The van der Waals surface area contributed by atoms with Crippen LogP contribution in [0.4, 0.5) is 0 Å². The van der Waals surface area contributed by atoms with Gasteiger partial charge in [-0.25, -0.2) is 0 Å². The summed E-state index contributed by atoms with van der Waals surface area (Å²) in [5.41, 5.74) is 5.34. The predicted molar refractivity (Wildman–Crippen MR) is 32.9 cm³/mol. The second-order valence-electron chi connectivity index (χ2n) is 1.69. The van der Waals surface area contributed by atoms with Crippen LogP contribution in [0.15, 0.2) is 0 Å². The summed E-state index contributed by atoms with van der Waals surface area (Å²) < 4.78 is 9.49. The number of hydrogen-bond donors (Lipinski definition) is 2. The molecule has 0 amide bonds. The number of hydrogen-bond acceptors (Lipinski definition) is 4. The van der Waals surface area contributed by atoms with E-state index in [2.05, 4.69) is 0 Å². The minimum atomic E-state index is -0.505. The van der Waals surface area contributed by atoms with Crippen molar-refractivity contribution in [1.29, 1.82) is 0 Å². The molecule has 0 aliphatic heterocycles. The molecule has 3 N–H and O–H groups in total. The van der Waals surface area contributed by atoms with Gasteiger partial charge in [-0.3, -0.25) is 0 Å². The van der Waals surface area contributed by atoms with E-state index in [-0.39, 0.29) is 6.61 Å². The number of aliphatic hydroxyl groups excluding tert-OH is 1. The Morgan fingerprint density at radius 2 is 1.89 bits per heavy atom. The highest BCUT2D eigenvalue weighted by atomic mass is 16.7. The first-order valence-electron chi connectivity index (χ1n) is 2.68. The Hall–Kier alpha value is -0.160. The van der Waals surface area contributed by atoms with Crippen LogP contribution >= 0.6 is 0 Å². The Morgan fingerprint density at radius 1 is 1.44 bits per heavy atom.